The van der Waals surface area contributed by atoms with Gasteiger partial charge in [0.25, 0.3) is 0 Å². The van der Waals surface area contributed by atoms with E-state index in [1.54, 1.807) is 6.07 Å². The SMILES string of the molecule is CCc1ccsc1C(=O)c1ccc(N)c(F)c1. The highest BCUT2D eigenvalue weighted by Gasteiger charge is 2.15. The first kappa shape index (κ1) is 11.8. The fourth-order valence-electron chi connectivity index (χ4n) is 1.61. The third-order valence-electron chi connectivity index (χ3n) is 2.60. The number of halogens is 1. The number of ketones is 1. The lowest BCUT2D eigenvalue weighted by Gasteiger charge is -2.03. The molecule has 0 spiro atoms. The van der Waals surface area contributed by atoms with Crippen LogP contribution in [0.2, 0.25) is 0 Å². The molecule has 88 valence electrons. The lowest BCUT2D eigenvalue weighted by Crippen LogP contribution is -2.03. The zero-order valence-corrected chi connectivity index (χ0v) is 10.2. The van der Waals surface area contributed by atoms with Crippen LogP contribution in [0.1, 0.15) is 27.7 Å². The Balaban J connectivity index is 2.40. The van der Waals surface area contributed by atoms with Crippen molar-refractivity contribution in [1.29, 1.82) is 0 Å². The molecule has 2 rings (SSSR count). The molecular weight excluding hydrogens is 237 g/mol. The topological polar surface area (TPSA) is 43.1 Å². The Hall–Kier alpha value is -1.68. The monoisotopic (exact) mass is 249 g/mol. The summed E-state index contributed by atoms with van der Waals surface area (Å²) in [7, 11) is 0. The van der Waals surface area contributed by atoms with Crippen molar-refractivity contribution < 1.29 is 9.18 Å². The number of nitrogen functional groups attached to an aromatic ring is 1. The summed E-state index contributed by atoms with van der Waals surface area (Å²) in [6, 6.07) is 6.09. The van der Waals surface area contributed by atoms with Gasteiger partial charge in [-0.1, -0.05) is 6.92 Å². The first-order valence-electron chi connectivity index (χ1n) is 5.29. The second-order valence-electron chi connectivity index (χ2n) is 3.69. The van der Waals surface area contributed by atoms with Crippen LogP contribution in [0.4, 0.5) is 10.1 Å². The predicted molar refractivity (Wildman–Crippen MR) is 67.9 cm³/mol. The van der Waals surface area contributed by atoms with Crippen LogP contribution in [-0.2, 0) is 6.42 Å². The van der Waals surface area contributed by atoms with Crippen molar-refractivity contribution in [2.75, 3.05) is 5.73 Å². The van der Waals surface area contributed by atoms with Gasteiger partial charge in [0, 0.05) is 5.56 Å². The Kier molecular flexibility index (Phi) is 3.24. The van der Waals surface area contributed by atoms with Crippen LogP contribution in [-0.4, -0.2) is 5.78 Å². The van der Waals surface area contributed by atoms with Gasteiger partial charge in [0.15, 0.2) is 0 Å². The summed E-state index contributed by atoms with van der Waals surface area (Å²) in [5.74, 6) is -0.693. The molecule has 0 saturated carbocycles. The average Bonchev–Trinajstić information content (AvgIpc) is 2.80. The third kappa shape index (κ3) is 2.22. The van der Waals surface area contributed by atoms with Crippen molar-refractivity contribution in [2.24, 2.45) is 0 Å². The number of aryl methyl sites for hydroxylation is 1. The van der Waals surface area contributed by atoms with Crippen molar-refractivity contribution in [2.45, 2.75) is 13.3 Å². The molecule has 1 aromatic heterocycles. The van der Waals surface area contributed by atoms with Gasteiger partial charge in [0.2, 0.25) is 5.78 Å². The van der Waals surface area contributed by atoms with Gasteiger partial charge in [0.1, 0.15) is 5.82 Å². The van der Waals surface area contributed by atoms with E-state index >= 15 is 0 Å². The molecule has 0 unspecified atom stereocenters. The van der Waals surface area contributed by atoms with Crippen LogP contribution in [0.5, 0.6) is 0 Å². The largest absolute Gasteiger partial charge is 0.396 e. The van der Waals surface area contributed by atoms with Crippen molar-refractivity contribution >= 4 is 22.8 Å². The lowest BCUT2D eigenvalue weighted by atomic mass is 10.1. The highest BCUT2D eigenvalue weighted by molar-refractivity contribution is 7.12. The molecule has 0 fully saturated rings. The standard InChI is InChI=1S/C13H12FNOS/c1-2-8-5-6-17-13(8)12(16)9-3-4-11(15)10(14)7-9/h3-7H,2,15H2,1H3. The van der Waals surface area contributed by atoms with Crippen molar-refractivity contribution in [3.8, 4) is 0 Å². The van der Waals surface area contributed by atoms with Gasteiger partial charge in [-0.25, -0.2) is 4.39 Å². The van der Waals surface area contributed by atoms with Gasteiger partial charge in [-0.05, 0) is 41.6 Å². The Labute approximate surface area is 103 Å². The second-order valence-corrected chi connectivity index (χ2v) is 4.61. The normalized spacial score (nSPS) is 10.5. The number of hydrogen-bond donors (Lipinski definition) is 1. The number of carbonyl (C=O) groups is 1. The number of thiophene rings is 1. The van der Waals surface area contributed by atoms with E-state index < -0.39 is 5.82 Å². The molecule has 1 aromatic carbocycles. The maximum Gasteiger partial charge on any atom is 0.203 e. The number of hydrogen-bond acceptors (Lipinski definition) is 3. The number of carbonyl (C=O) groups excluding carboxylic acids is 1. The maximum atomic E-state index is 13.3. The first-order chi connectivity index (χ1) is 8.13. The third-order valence-corrected chi connectivity index (χ3v) is 3.55. The molecule has 0 aliphatic carbocycles. The fourth-order valence-corrected chi connectivity index (χ4v) is 2.57. The second kappa shape index (κ2) is 4.67. The van der Waals surface area contributed by atoms with E-state index in [1.165, 1.54) is 23.5 Å². The number of benzene rings is 1. The summed E-state index contributed by atoms with van der Waals surface area (Å²) < 4.78 is 13.3. The summed E-state index contributed by atoms with van der Waals surface area (Å²) in [5, 5.41) is 1.87. The molecule has 0 atom stereocenters. The molecule has 2 nitrogen and oxygen atoms in total. The molecule has 4 heteroatoms. The van der Waals surface area contributed by atoms with Crippen LogP contribution in [0.25, 0.3) is 0 Å². The molecule has 0 amide bonds. The van der Waals surface area contributed by atoms with Crippen LogP contribution in [0.15, 0.2) is 29.6 Å². The zero-order chi connectivity index (χ0) is 12.4. The molecule has 17 heavy (non-hydrogen) atoms. The highest BCUT2D eigenvalue weighted by atomic mass is 32.1. The number of nitrogens with two attached hydrogens (primary N) is 1. The fraction of sp³-hybridized carbons (Fsp3) is 0.154. The van der Waals surface area contributed by atoms with Crippen molar-refractivity contribution in [3.63, 3.8) is 0 Å². The molecule has 0 bridgehead atoms. The maximum absolute atomic E-state index is 13.3. The van der Waals surface area contributed by atoms with Gasteiger partial charge in [-0.2, -0.15) is 0 Å². The van der Waals surface area contributed by atoms with Gasteiger partial charge in [-0.15, -0.1) is 11.3 Å². The molecule has 0 aliphatic heterocycles. The minimum atomic E-state index is -0.551. The zero-order valence-electron chi connectivity index (χ0n) is 9.37. The molecular formula is C13H12FNOS. The van der Waals surface area contributed by atoms with Crippen molar-refractivity contribution in [1.82, 2.24) is 0 Å². The van der Waals surface area contributed by atoms with Crippen LogP contribution < -0.4 is 5.73 Å². The quantitative estimate of drug-likeness (QED) is 0.670. The van der Waals surface area contributed by atoms with Gasteiger partial charge in [-0.3, -0.25) is 4.79 Å². The minimum absolute atomic E-state index is 0.0587. The van der Waals surface area contributed by atoms with E-state index in [0.717, 1.165) is 12.0 Å². The van der Waals surface area contributed by atoms with E-state index in [-0.39, 0.29) is 11.5 Å². The van der Waals surface area contributed by atoms with E-state index in [9.17, 15) is 9.18 Å². The Morgan fingerprint density at radius 2 is 2.18 bits per heavy atom. The summed E-state index contributed by atoms with van der Waals surface area (Å²) in [5.41, 5.74) is 6.78. The summed E-state index contributed by atoms with van der Waals surface area (Å²) in [4.78, 5) is 12.8. The highest BCUT2D eigenvalue weighted by Crippen LogP contribution is 2.22. The summed E-state index contributed by atoms with van der Waals surface area (Å²) >= 11 is 1.38. The van der Waals surface area contributed by atoms with E-state index in [4.69, 9.17) is 5.73 Å². The molecule has 0 radical (unpaired) electrons. The Bertz CT molecular complexity index is 562. The van der Waals surface area contributed by atoms with E-state index in [1.807, 2.05) is 18.4 Å². The number of anilines is 1. The molecule has 2 aromatic rings. The molecule has 2 N–H and O–H groups in total. The van der Waals surface area contributed by atoms with Gasteiger partial charge < -0.3 is 5.73 Å². The Morgan fingerprint density at radius 1 is 1.41 bits per heavy atom. The van der Waals surface area contributed by atoms with Crippen LogP contribution >= 0.6 is 11.3 Å². The van der Waals surface area contributed by atoms with Gasteiger partial charge in [0.05, 0.1) is 10.6 Å². The molecule has 0 aliphatic rings. The average molecular weight is 249 g/mol. The minimum Gasteiger partial charge on any atom is -0.396 e. The van der Waals surface area contributed by atoms with Crippen LogP contribution in [0.3, 0.4) is 0 Å². The predicted octanol–water partition coefficient (Wildman–Crippen LogP) is 3.26. The smallest absolute Gasteiger partial charge is 0.203 e. The molecule has 0 saturated heterocycles. The number of rotatable bonds is 3. The van der Waals surface area contributed by atoms with Crippen LogP contribution in [0, 0.1) is 5.82 Å². The van der Waals surface area contributed by atoms with Crippen molar-refractivity contribution in [3.05, 3.63) is 51.5 Å². The van der Waals surface area contributed by atoms with E-state index in [0.29, 0.717) is 10.4 Å². The van der Waals surface area contributed by atoms with Gasteiger partial charge >= 0.3 is 0 Å². The summed E-state index contributed by atoms with van der Waals surface area (Å²) in [6.45, 7) is 1.99. The molecule has 1 heterocycles. The lowest BCUT2D eigenvalue weighted by molar-refractivity contribution is 0.104. The van der Waals surface area contributed by atoms with E-state index in [2.05, 4.69) is 0 Å². The first-order valence-corrected chi connectivity index (χ1v) is 6.17. The Morgan fingerprint density at radius 3 is 2.82 bits per heavy atom. The summed E-state index contributed by atoms with van der Waals surface area (Å²) in [6.07, 6.45) is 0.794.